The maximum Gasteiger partial charge on any atom is 0.119 e. The minimum absolute atomic E-state index is 0.182. The van der Waals surface area contributed by atoms with E-state index in [-0.39, 0.29) is 17.6 Å². The molecule has 2 unspecified atom stereocenters. The van der Waals surface area contributed by atoms with Crippen LogP contribution in [0, 0.1) is 0 Å². The van der Waals surface area contributed by atoms with Crippen molar-refractivity contribution < 1.29 is 9.47 Å². The van der Waals surface area contributed by atoms with E-state index in [1.165, 1.54) is 5.56 Å². The van der Waals surface area contributed by atoms with Crippen molar-refractivity contribution in [3.05, 3.63) is 29.8 Å². The molecule has 1 saturated heterocycles. The van der Waals surface area contributed by atoms with Gasteiger partial charge in [0.1, 0.15) is 12.4 Å². The summed E-state index contributed by atoms with van der Waals surface area (Å²) in [5, 5.41) is 0. The number of hydrogen-bond acceptors (Lipinski definition) is 3. The predicted octanol–water partition coefficient (Wildman–Crippen LogP) is 2.87. The van der Waals surface area contributed by atoms with E-state index in [1.807, 2.05) is 12.1 Å². The maximum absolute atomic E-state index is 5.78. The fourth-order valence-electron chi connectivity index (χ4n) is 2.32. The topological polar surface area (TPSA) is 44.5 Å². The summed E-state index contributed by atoms with van der Waals surface area (Å²) in [7, 11) is 0. The average Bonchev–Trinajstić information content (AvgIpc) is 2.84. The summed E-state index contributed by atoms with van der Waals surface area (Å²) in [4.78, 5) is 0. The van der Waals surface area contributed by atoms with Gasteiger partial charge in [-0.2, -0.15) is 0 Å². The lowest BCUT2D eigenvalue weighted by molar-refractivity contribution is 0.0222. The molecule has 106 valence electrons. The predicted molar refractivity (Wildman–Crippen MR) is 77.6 cm³/mol. The number of rotatable bonds is 4. The molecule has 1 aromatic rings. The largest absolute Gasteiger partial charge is 0.491 e. The quantitative estimate of drug-likeness (QED) is 0.908. The third-order valence-corrected chi connectivity index (χ3v) is 3.61. The second-order valence-electron chi connectivity index (χ2n) is 6.28. The van der Waals surface area contributed by atoms with Crippen LogP contribution in [0.1, 0.15) is 39.2 Å². The summed E-state index contributed by atoms with van der Waals surface area (Å²) in [6.45, 7) is 7.86. The molecule has 1 fully saturated rings. The summed E-state index contributed by atoms with van der Waals surface area (Å²) < 4.78 is 11.5. The fourth-order valence-corrected chi connectivity index (χ4v) is 2.32. The first-order valence-corrected chi connectivity index (χ1v) is 7.08. The molecular weight excluding hydrogens is 238 g/mol. The van der Waals surface area contributed by atoms with E-state index in [4.69, 9.17) is 15.2 Å². The third kappa shape index (κ3) is 3.95. The standard InChI is InChI=1S/C16H25NO2/c1-16(2,3)12-4-6-13(7-5-12)18-11-15-9-8-14(10-17)19-15/h4-7,14-15H,8-11,17H2,1-3H3. The van der Waals surface area contributed by atoms with Crippen molar-refractivity contribution in [1.29, 1.82) is 0 Å². The number of hydrogen-bond donors (Lipinski definition) is 1. The Morgan fingerprint density at radius 2 is 1.79 bits per heavy atom. The van der Waals surface area contributed by atoms with Crippen LogP contribution in [0.15, 0.2) is 24.3 Å². The molecule has 3 heteroatoms. The van der Waals surface area contributed by atoms with Gasteiger partial charge in [-0.3, -0.25) is 0 Å². The molecule has 0 aromatic heterocycles. The van der Waals surface area contributed by atoms with E-state index >= 15 is 0 Å². The molecule has 2 N–H and O–H groups in total. The van der Waals surface area contributed by atoms with Crippen LogP contribution in [0.3, 0.4) is 0 Å². The minimum atomic E-state index is 0.182. The van der Waals surface area contributed by atoms with Gasteiger partial charge in [-0.25, -0.2) is 0 Å². The molecule has 2 atom stereocenters. The van der Waals surface area contributed by atoms with Gasteiger partial charge >= 0.3 is 0 Å². The molecular formula is C16H25NO2. The van der Waals surface area contributed by atoms with E-state index in [0.29, 0.717) is 13.2 Å². The first-order chi connectivity index (χ1) is 8.99. The van der Waals surface area contributed by atoms with Crippen molar-refractivity contribution in [2.45, 2.75) is 51.2 Å². The Labute approximate surface area is 116 Å². The molecule has 0 aliphatic carbocycles. The van der Waals surface area contributed by atoms with E-state index in [1.54, 1.807) is 0 Å². The monoisotopic (exact) mass is 263 g/mol. The van der Waals surface area contributed by atoms with Crippen LogP contribution >= 0.6 is 0 Å². The van der Waals surface area contributed by atoms with Crippen LogP contribution < -0.4 is 10.5 Å². The normalized spacial score (nSPS) is 23.6. The van der Waals surface area contributed by atoms with Crippen LogP contribution in [0.5, 0.6) is 5.75 Å². The van der Waals surface area contributed by atoms with Crippen molar-refractivity contribution in [2.75, 3.05) is 13.2 Å². The second-order valence-corrected chi connectivity index (χ2v) is 6.28. The summed E-state index contributed by atoms with van der Waals surface area (Å²) in [5.74, 6) is 0.910. The maximum atomic E-state index is 5.78. The Morgan fingerprint density at radius 1 is 1.16 bits per heavy atom. The number of nitrogens with two attached hydrogens (primary N) is 1. The summed E-state index contributed by atoms with van der Waals surface area (Å²) >= 11 is 0. The molecule has 19 heavy (non-hydrogen) atoms. The van der Waals surface area contributed by atoms with Gasteiger partial charge in [0.05, 0.1) is 12.2 Å². The second kappa shape index (κ2) is 5.93. The van der Waals surface area contributed by atoms with Gasteiger partial charge in [0.2, 0.25) is 0 Å². The van der Waals surface area contributed by atoms with Crippen LogP contribution in [0.25, 0.3) is 0 Å². The lowest BCUT2D eigenvalue weighted by Gasteiger charge is -2.19. The molecule has 2 rings (SSSR count). The SMILES string of the molecule is CC(C)(C)c1ccc(OCC2CCC(CN)O2)cc1. The van der Waals surface area contributed by atoms with Crippen molar-refractivity contribution in [2.24, 2.45) is 5.73 Å². The summed E-state index contributed by atoms with van der Waals surface area (Å²) in [6.07, 6.45) is 2.50. The molecule has 0 saturated carbocycles. The van der Waals surface area contributed by atoms with E-state index in [0.717, 1.165) is 18.6 Å². The zero-order valence-corrected chi connectivity index (χ0v) is 12.2. The van der Waals surface area contributed by atoms with Gasteiger partial charge in [0, 0.05) is 6.54 Å². The summed E-state index contributed by atoms with van der Waals surface area (Å²) in [6, 6.07) is 8.34. The Bertz CT molecular complexity index is 394. The molecule has 0 radical (unpaired) electrons. The van der Waals surface area contributed by atoms with Crippen molar-refractivity contribution >= 4 is 0 Å². The zero-order chi connectivity index (χ0) is 13.9. The Morgan fingerprint density at radius 3 is 2.32 bits per heavy atom. The number of ether oxygens (including phenoxy) is 2. The molecule has 0 bridgehead atoms. The van der Waals surface area contributed by atoms with Gasteiger partial charge in [-0.05, 0) is 36.0 Å². The van der Waals surface area contributed by atoms with Gasteiger partial charge in [-0.15, -0.1) is 0 Å². The van der Waals surface area contributed by atoms with Gasteiger partial charge < -0.3 is 15.2 Å². The highest BCUT2D eigenvalue weighted by Crippen LogP contribution is 2.25. The molecule has 1 aromatic carbocycles. The van der Waals surface area contributed by atoms with Gasteiger partial charge in [-0.1, -0.05) is 32.9 Å². The molecule has 1 aliphatic rings. The Hall–Kier alpha value is -1.06. The lowest BCUT2D eigenvalue weighted by Crippen LogP contribution is -2.23. The first kappa shape index (κ1) is 14.4. The van der Waals surface area contributed by atoms with Crippen LogP contribution in [0.2, 0.25) is 0 Å². The van der Waals surface area contributed by atoms with Gasteiger partial charge in [0.25, 0.3) is 0 Å². The van der Waals surface area contributed by atoms with Crippen LogP contribution in [-0.2, 0) is 10.2 Å². The average molecular weight is 263 g/mol. The lowest BCUT2D eigenvalue weighted by atomic mass is 9.87. The van der Waals surface area contributed by atoms with E-state index < -0.39 is 0 Å². The van der Waals surface area contributed by atoms with Crippen LogP contribution in [-0.4, -0.2) is 25.4 Å². The molecule has 1 aliphatic heterocycles. The molecule has 3 nitrogen and oxygen atoms in total. The minimum Gasteiger partial charge on any atom is -0.491 e. The first-order valence-electron chi connectivity index (χ1n) is 7.08. The zero-order valence-electron chi connectivity index (χ0n) is 12.2. The fraction of sp³-hybridized carbons (Fsp3) is 0.625. The van der Waals surface area contributed by atoms with Crippen LogP contribution in [0.4, 0.5) is 0 Å². The van der Waals surface area contributed by atoms with Gasteiger partial charge in [0.15, 0.2) is 0 Å². The molecule has 0 spiro atoms. The summed E-state index contributed by atoms with van der Waals surface area (Å²) in [5.41, 5.74) is 7.10. The van der Waals surface area contributed by atoms with E-state index in [9.17, 15) is 0 Å². The smallest absolute Gasteiger partial charge is 0.119 e. The molecule has 1 heterocycles. The Kier molecular flexibility index (Phi) is 4.48. The van der Waals surface area contributed by atoms with Crippen molar-refractivity contribution in [1.82, 2.24) is 0 Å². The number of benzene rings is 1. The highest BCUT2D eigenvalue weighted by Gasteiger charge is 2.24. The highest BCUT2D eigenvalue weighted by molar-refractivity contribution is 5.31. The van der Waals surface area contributed by atoms with E-state index in [2.05, 4.69) is 32.9 Å². The Balaban J connectivity index is 1.84. The van der Waals surface area contributed by atoms with Crippen molar-refractivity contribution in [3.8, 4) is 5.75 Å². The molecule has 0 amide bonds. The highest BCUT2D eigenvalue weighted by atomic mass is 16.5. The van der Waals surface area contributed by atoms with Crippen molar-refractivity contribution in [3.63, 3.8) is 0 Å². The third-order valence-electron chi connectivity index (χ3n) is 3.61.